The number of fused-ring (bicyclic) bond motifs is 4. The highest BCUT2D eigenvalue weighted by Crippen LogP contribution is 2.67. The van der Waals surface area contributed by atoms with Crippen LogP contribution in [0.5, 0.6) is 0 Å². The second-order valence-corrected chi connectivity index (χ2v) is 8.52. The third-order valence-electron chi connectivity index (χ3n) is 7.57. The third kappa shape index (κ3) is 2.31. The fraction of sp³-hybridized carbons (Fsp3) is 0.667. The maximum absolute atomic E-state index is 14.5. The van der Waals surface area contributed by atoms with Crippen LogP contribution < -0.4 is 0 Å². The van der Waals surface area contributed by atoms with Crippen molar-refractivity contribution in [1.29, 1.82) is 0 Å². The molecule has 0 spiro atoms. The van der Waals surface area contributed by atoms with Crippen LogP contribution in [-0.4, -0.2) is 28.6 Å². The fourth-order valence-electron chi connectivity index (χ4n) is 6.23. The molecule has 4 atom stereocenters. The first-order valence-corrected chi connectivity index (χ1v) is 9.81. The van der Waals surface area contributed by atoms with Gasteiger partial charge in [0.05, 0.1) is 0 Å². The van der Waals surface area contributed by atoms with E-state index < -0.39 is 35.5 Å². The van der Waals surface area contributed by atoms with E-state index in [1.807, 2.05) is 0 Å². The molecule has 1 saturated carbocycles. The lowest BCUT2D eigenvalue weighted by Crippen LogP contribution is -2.64. The quantitative estimate of drug-likeness (QED) is 0.638. The lowest BCUT2D eigenvalue weighted by Gasteiger charge is -2.52. The minimum atomic E-state index is -5.81. The van der Waals surface area contributed by atoms with Gasteiger partial charge in [-0.1, -0.05) is 19.1 Å². The number of hydrogen-bond acceptors (Lipinski definition) is 2. The predicted molar refractivity (Wildman–Crippen MR) is 92.6 cm³/mol. The number of allylic oxidation sites excluding steroid dienone is 5. The Hall–Kier alpha value is -1.50. The number of ketones is 1. The van der Waals surface area contributed by atoms with E-state index in [0.29, 0.717) is 25.7 Å². The van der Waals surface area contributed by atoms with Gasteiger partial charge < -0.3 is 5.11 Å². The average molecular weight is 402 g/mol. The maximum atomic E-state index is 14.5. The standard InChI is InChI=1S/C21H23F5O2/c1-2-18-9-7-15-14-6-4-13(27)11-12(14)3-5-16(15)17(18)8-10-19(18,28)20(22,23)21(24,25)26/h7,9,11,16-17,28H,2-6,8,10H2,1H3/t16-,17+,18?,19+/m1/s1. The number of halogens is 5. The van der Waals surface area contributed by atoms with E-state index in [9.17, 15) is 31.9 Å². The summed E-state index contributed by atoms with van der Waals surface area (Å²) in [6.07, 6.45) is 0.652. The van der Waals surface area contributed by atoms with E-state index in [-0.39, 0.29) is 24.5 Å². The summed E-state index contributed by atoms with van der Waals surface area (Å²) < 4.78 is 68.6. The molecule has 0 aromatic heterocycles. The minimum Gasteiger partial charge on any atom is -0.382 e. The van der Waals surface area contributed by atoms with Crippen molar-refractivity contribution in [1.82, 2.24) is 0 Å². The normalized spacial score (nSPS) is 38.1. The molecule has 2 nitrogen and oxygen atoms in total. The summed E-state index contributed by atoms with van der Waals surface area (Å²) in [4.78, 5) is 11.7. The third-order valence-corrected chi connectivity index (χ3v) is 7.57. The van der Waals surface area contributed by atoms with Crippen molar-refractivity contribution in [2.24, 2.45) is 17.3 Å². The lowest BCUT2D eigenvalue weighted by molar-refractivity contribution is -0.358. The van der Waals surface area contributed by atoms with Gasteiger partial charge >= 0.3 is 12.1 Å². The number of alkyl halides is 5. The van der Waals surface area contributed by atoms with E-state index in [1.165, 1.54) is 6.08 Å². The zero-order valence-corrected chi connectivity index (χ0v) is 15.6. The van der Waals surface area contributed by atoms with Crippen LogP contribution in [0.25, 0.3) is 0 Å². The van der Waals surface area contributed by atoms with Crippen LogP contribution in [-0.2, 0) is 4.79 Å². The molecular formula is C21H23F5O2. The molecule has 0 amide bonds. The first-order chi connectivity index (χ1) is 13.0. The Balaban J connectivity index is 1.84. The maximum Gasteiger partial charge on any atom is 0.456 e. The average Bonchev–Trinajstić information content (AvgIpc) is 2.95. The fourth-order valence-corrected chi connectivity index (χ4v) is 6.23. The summed E-state index contributed by atoms with van der Waals surface area (Å²) in [7, 11) is 0. The molecule has 1 fully saturated rings. The van der Waals surface area contributed by atoms with Crippen molar-refractivity contribution in [2.45, 2.75) is 69.6 Å². The van der Waals surface area contributed by atoms with Crippen LogP contribution in [0.15, 0.2) is 34.9 Å². The molecule has 0 heterocycles. The molecule has 28 heavy (non-hydrogen) atoms. The van der Waals surface area contributed by atoms with E-state index in [0.717, 1.165) is 16.7 Å². The topological polar surface area (TPSA) is 37.3 Å². The van der Waals surface area contributed by atoms with Gasteiger partial charge in [0, 0.05) is 11.8 Å². The van der Waals surface area contributed by atoms with Crippen LogP contribution in [0.2, 0.25) is 0 Å². The van der Waals surface area contributed by atoms with Gasteiger partial charge in [0.15, 0.2) is 5.78 Å². The Morgan fingerprint density at radius 2 is 1.86 bits per heavy atom. The van der Waals surface area contributed by atoms with Crippen LogP contribution in [0.1, 0.15) is 51.9 Å². The lowest BCUT2D eigenvalue weighted by atomic mass is 9.55. The zero-order valence-electron chi connectivity index (χ0n) is 15.6. The van der Waals surface area contributed by atoms with Gasteiger partial charge in [-0.15, -0.1) is 0 Å². The Labute approximate surface area is 160 Å². The molecule has 0 aromatic carbocycles. The molecule has 4 aliphatic rings. The number of rotatable bonds is 2. The smallest absolute Gasteiger partial charge is 0.382 e. The first kappa shape index (κ1) is 19.8. The highest BCUT2D eigenvalue weighted by atomic mass is 19.4. The van der Waals surface area contributed by atoms with Crippen molar-refractivity contribution in [2.75, 3.05) is 0 Å². The van der Waals surface area contributed by atoms with Crippen LogP contribution in [0.3, 0.4) is 0 Å². The van der Waals surface area contributed by atoms with Crippen LogP contribution in [0.4, 0.5) is 22.0 Å². The summed E-state index contributed by atoms with van der Waals surface area (Å²) >= 11 is 0. The summed E-state index contributed by atoms with van der Waals surface area (Å²) in [6.45, 7) is 1.58. The zero-order chi connectivity index (χ0) is 20.5. The molecule has 0 saturated heterocycles. The monoisotopic (exact) mass is 402 g/mol. The summed E-state index contributed by atoms with van der Waals surface area (Å²) in [5, 5.41) is 10.9. The highest BCUT2D eigenvalue weighted by molar-refractivity contribution is 5.93. The molecule has 1 N–H and O–H groups in total. The van der Waals surface area contributed by atoms with Gasteiger partial charge in [-0.3, -0.25) is 4.79 Å². The Kier molecular flexibility index (Phi) is 4.24. The largest absolute Gasteiger partial charge is 0.456 e. The van der Waals surface area contributed by atoms with Crippen LogP contribution in [0, 0.1) is 17.3 Å². The summed E-state index contributed by atoms with van der Waals surface area (Å²) in [5.41, 5.74) is -1.81. The van der Waals surface area contributed by atoms with Gasteiger partial charge in [0.25, 0.3) is 0 Å². The Morgan fingerprint density at radius 3 is 2.50 bits per heavy atom. The molecule has 154 valence electrons. The van der Waals surface area contributed by atoms with Gasteiger partial charge in [0.1, 0.15) is 5.60 Å². The molecule has 0 bridgehead atoms. The van der Waals surface area contributed by atoms with Crippen molar-refractivity contribution in [3.05, 3.63) is 34.9 Å². The molecule has 4 rings (SSSR count). The van der Waals surface area contributed by atoms with E-state index in [4.69, 9.17) is 0 Å². The number of carbonyl (C=O) groups excluding carboxylic acids is 1. The first-order valence-electron chi connectivity index (χ1n) is 9.81. The predicted octanol–water partition coefficient (Wildman–Crippen LogP) is 5.29. The molecule has 0 aromatic rings. The number of carbonyl (C=O) groups is 1. The molecular weight excluding hydrogens is 379 g/mol. The number of hydrogen-bond donors (Lipinski definition) is 1. The van der Waals surface area contributed by atoms with Crippen molar-refractivity contribution in [3.63, 3.8) is 0 Å². The second kappa shape index (κ2) is 6.00. The van der Waals surface area contributed by atoms with Gasteiger partial charge in [-0.2, -0.15) is 22.0 Å². The van der Waals surface area contributed by atoms with Gasteiger partial charge in [-0.05, 0) is 73.2 Å². The molecule has 0 aliphatic heterocycles. The van der Waals surface area contributed by atoms with Crippen LogP contribution >= 0.6 is 0 Å². The molecule has 0 radical (unpaired) electrons. The van der Waals surface area contributed by atoms with Crippen molar-refractivity contribution in [3.8, 4) is 0 Å². The highest BCUT2D eigenvalue weighted by Gasteiger charge is 2.78. The minimum absolute atomic E-state index is 0.0105. The van der Waals surface area contributed by atoms with Gasteiger partial charge in [-0.25, -0.2) is 0 Å². The summed E-state index contributed by atoms with van der Waals surface area (Å²) in [6, 6.07) is 0. The SMILES string of the molecule is CCC12C=CC3=C4CCC(=O)C=C4CC[C@H]3[C@@H]1CC[C@@]2(O)C(F)(F)C(F)(F)F. The number of aliphatic hydroxyl groups is 1. The van der Waals surface area contributed by atoms with E-state index in [1.54, 1.807) is 19.1 Å². The van der Waals surface area contributed by atoms with Gasteiger partial charge in [0.2, 0.25) is 0 Å². The molecule has 4 aliphatic carbocycles. The van der Waals surface area contributed by atoms with Crippen molar-refractivity contribution >= 4 is 5.78 Å². The molecule has 7 heteroatoms. The molecule has 1 unspecified atom stereocenters. The Bertz CT molecular complexity index is 806. The summed E-state index contributed by atoms with van der Waals surface area (Å²) in [5.74, 6) is -5.75. The van der Waals surface area contributed by atoms with E-state index >= 15 is 0 Å². The Morgan fingerprint density at radius 1 is 1.14 bits per heavy atom. The van der Waals surface area contributed by atoms with E-state index in [2.05, 4.69) is 0 Å². The second-order valence-electron chi connectivity index (χ2n) is 8.52. The van der Waals surface area contributed by atoms with Crippen molar-refractivity contribution < 1.29 is 31.9 Å².